The van der Waals surface area contributed by atoms with Gasteiger partial charge in [-0.25, -0.2) is 4.79 Å². The molecule has 10 heteroatoms. The number of carbonyl (C=O) groups excluding carboxylic acids is 1. The molecule has 1 saturated heterocycles. The molecule has 0 radical (unpaired) electrons. The van der Waals surface area contributed by atoms with E-state index in [0.717, 1.165) is 23.4 Å². The number of hydrogen-bond donors (Lipinski definition) is 1. The summed E-state index contributed by atoms with van der Waals surface area (Å²) < 4.78 is 27.7. The summed E-state index contributed by atoms with van der Waals surface area (Å²) in [6, 6.07) is 12.9. The molecule has 1 aromatic heterocycles. The van der Waals surface area contributed by atoms with Crippen molar-refractivity contribution in [3.8, 4) is 28.6 Å². The number of ether oxygens (including phenoxy) is 4. The topological polar surface area (TPSA) is 95.3 Å². The Morgan fingerprint density at radius 2 is 1.83 bits per heavy atom. The smallest absolute Gasteiger partial charge is 0.322 e. The second-order valence-electron chi connectivity index (χ2n) is 8.27. The van der Waals surface area contributed by atoms with Gasteiger partial charge in [-0.15, -0.1) is 11.8 Å². The Hall–Kier alpha value is -3.37. The van der Waals surface area contributed by atoms with Gasteiger partial charge < -0.3 is 33.7 Å². The lowest BCUT2D eigenvalue weighted by Crippen LogP contribution is -2.39. The summed E-state index contributed by atoms with van der Waals surface area (Å²) in [5.41, 5.74) is 2.06. The van der Waals surface area contributed by atoms with E-state index >= 15 is 0 Å². The number of carbonyl (C=O) groups is 1. The number of benzene rings is 2. The fourth-order valence-electron chi connectivity index (χ4n) is 4.07. The van der Waals surface area contributed by atoms with Gasteiger partial charge in [0.15, 0.2) is 17.3 Å². The van der Waals surface area contributed by atoms with E-state index in [9.17, 15) is 4.79 Å². The first-order valence-corrected chi connectivity index (χ1v) is 12.8. The SMILES string of the molecule is COc1cc(-c2cc(CN(C[C@H]3CCCO3)C(=O)Nc3ccc(SC)cc3)no2)cc(OC)c1OC. The number of thioether (sulfide) groups is 1. The molecule has 0 saturated carbocycles. The molecule has 1 aliphatic rings. The molecule has 4 rings (SSSR count). The van der Waals surface area contributed by atoms with Crippen LogP contribution in [0.25, 0.3) is 11.3 Å². The number of rotatable bonds is 10. The molecule has 2 heterocycles. The minimum atomic E-state index is -0.222. The molecule has 36 heavy (non-hydrogen) atoms. The largest absolute Gasteiger partial charge is 0.493 e. The zero-order valence-electron chi connectivity index (χ0n) is 20.9. The average molecular weight is 514 g/mol. The van der Waals surface area contributed by atoms with Crippen molar-refractivity contribution in [3.05, 3.63) is 48.2 Å². The maximum atomic E-state index is 13.2. The van der Waals surface area contributed by atoms with Crippen molar-refractivity contribution in [3.63, 3.8) is 0 Å². The minimum Gasteiger partial charge on any atom is -0.493 e. The first-order valence-electron chi connectivity index (χ1n) is 11.6. The molecule has 2 aromatic carbocycles. The Morgan fingerprint density at radius 1 is 1.11 bits per heavy atom. The Labute approximate surface area is 215 Å². The summed E-state index contributed by atoms with van der Waals surface area (Å²) >= 11 is 1.65. The maximum Gasteiger partial charge on any atom is 0.322 e. The highest BCUT2D eigenvalue weighted by Gasteiger charge is 2.24. The third-order valence-corrected chi connectivity index (χ3v) is 6.68. The summed E-state index contributed by atoms with van der Waals surface area (Å²) in [6.07, 6.45) is 3.92. The van der Waals surface area contributed by atoms with Crippen molar-refractivity contribution in [2.75, 3.05) is 46.1 Å². The Kier molecular flexibility index (Phi) is 8.61. The molecule has 192 valence electrons. The van der Waals surface area contributed by atoms with Crippen molar-refractivity contribution in [1.82, 2.24) is 10.1 Å². The summed E-state index contributed by atoms with van der Waals surface area (Å²) in [6.45, 7) is 1.44. The van der Waals surface area contributed by atoms with Crippen LogP contribution in [-0.4, -0.2) is 62.9 Å². The second kappa shape index (κ2) is 12.0. The number of aromatic nitrogens is 1. The lowest BCUT2D eigenvalue weighted by Gasteiger charge is -2.25. The van der Waals surface area contributed by atoms with E-state index in [0.29, 0.717) is 47.4 Å². The third-order valence-electron chi connectivity index (χ3n) is 5.94. The van der Waals surface area contributed by atoms with Gasteiger partial charge in [0.05, 0.1) is 34.0 Å². The van der Waals surface area contributed by atoms with E-state index in [4.69, 9.17) is 23.5 Å². The summed E-state index contributed by atoms with van der Waals surface area (Å²) in [5, 5.41) is 7.21. The number of urea groups is 1. The van der Waals surface area contributed by atoms with Crippen LogP contribution in [0.1, 0.15) is 18.5 Å². The second-order valence-corrected chi connectivity index (χ2v) is 9.15. The van der Waals surface area contributed by atoms with Gasteiger partial charge in [-0.3, -0.25) is 0 Å². The Balaban J connectivity index is 1.53. The van der Waals surface area contributed by atoms with Crippen LogP contribution in [0.2, 0.25) is 0 Å². The Morgan fingerprint density at radius 3 is 2.42 bits per heavy atom. The lowest BCUT2D eigenvalue weighted by atomic mass is 10.1. The predicted octanol–water partition coefficient (Wildman–Crippen LogP) is 5.30. The molecule has 0 aliphatic carbocycles. The van der Waals surface area contributed by atoms with Crippen LogP contribution in [0.5, 0.6) is 17.2 Å². The molecule has 0 spiro atoms. The first kappa shape index (κ1) is 25.7. The van der Waals surface area contributed by atoms with E-state index in [-0.39, 0.29) is 18.7 Å². The fourth-order valence-corrected chi connectivity index (χ4v) is 4.48. The summed E-state index contributed by atoms with van der Waals surface area (Å²) in [4.78, 5) is 16.1. The van der Waals surface area contributed by atoms with E-state index < -0.39 is 0 Å². The van der Waals surface area contributed by atoms with E-state index in [1.165, 1.54) is 0 Å². The number of methoxy groups -OCH3 is 3. The van der Waals surface area contributed by atoms with Gasteiger partial charge in [0.1, 0.15) is 5.69 Å². The molecule has 1 fully saturated rings. The van der Waals surface area contributed by atoms with Crippen LogP contribution in [0.3, 0.4) is 0 Å². The van der Waals surface area contributed by atoms with E-state index in [1.807, 2.05) is 36.6 Å². The molecular weight excluding hydrogens is 482 g/mol. The van der Waals surface area contributed by atoms with Gasteiger partial charge in [-0.05, 0) is 55.5 Å². The standard InChI is InChI=1S/C26H31N3O6S/c1-31-23-12-17(13-24(32-2)25(23)33-3)22-14-19(28-35-22)15-29(16-20-6-5-11-34-20)26(30)27-18-7-9-21(36-4)10-8-18/h7-10,12-14,20H,5-6,11,15-16H2,1-4H3,(H,27,30)/t20-/m1/s1. The number of anilines is 1. The van der Waals surface area contributed by atoms with Crippen molar-refractivity contribution in [2.45, 2.75) is 30.4 Å². The van der Waals surface area contributed by atoms with Gasteiger partial charge in [-0.1, -0.05) is 5.16 Å². The molecule has 1 atom stereocenters. The molecule has 3 aromatic rings. The van der Waals surface area contributed by atoms with Gasteiger partial charge in [0.2, 0.25) is 5.75 Å². The number of nitrogens with one attached hydrogen (secondary N) is 1. The first-order chi connectivity index (χ1) is 17.5. The van der Waals surface area contributed by atoms with Crippen LogP contribution < -0.4 is 19.5 Å². The van der Waals surface area contributed by atoms with Crippen LogP contribution in [0, 0.1) is 0 Å². The van der Waals surface area contributed by atoms with Crippen molar-refractivity contribution in [2.24, 2.45) is 0 Å². The quantitative estimate of drug-likeness (QED) is 0.365. The van der Waals surface area contributed by atoms with E-state index in [2.05, 4.69) is 10.5 Å². The minimum absolute atomic E-state index is 0.00361. The van der Waals surface area contributed by atoms with Gasteiger partial charge in [-0.2, -0.15) is 0 Å². The lowest BCUT2D eigenvalue weighted by molar-refractivity contribution is 0.0814. The Bertz CT molecular complexity index is 1140. The molecule has 2 amide bonds. The third kappa shape index (κ3) is 6.06. The van der Waals surface area contributed by atoms with Crippen LogP contribution in [0.15, 0.2) is 51.9 Å². The molecule has 1 N–H and O–H groups in total. The monoisotopic (exact) mass is 513 g/mol. The maximum absolute atomic E-state index is 13.2. The van der Waals surface area contributed by atoms with Crippen molar-refractivity contribution in [1.29, 1.82) is 0 Å². The van der Waals surface area contributed by atoms with Crippen LogP contribution in [-0.2, 0) is 11.3 Å². The number of nitrogens with zero attached hydrogens (tertiary/aromatic N) is 2. The van der Waals surface area contributed by atoms with Gasteiger partial charge in [0.25, 0.3) is 0 Å². The highest BCUT2D eigenvalue weighted by atomic mass is 32.2. The van der Waals surface area contributed by atoms with Crippen molar-refractivity contribution >= 4 is 23.5 Å². The van der Waals surface area contributed by atoms with Gasteiger partial charge >= 0.3 is 6.03 Å². The van der Waals surface area contributed by atoms with E-state index in [1.54, 1.807) is 50.1 Å². The van der Waals surface area contributed by atoms with Crippen molar-refractivity contribution < 1.29 is 28.3 Å². The van der Waals surface area contributed by atoms with Crippen LogP contribution >= 0.6 is 11.8 Å². The summed E-state index contributed by atoms with van der Waals surface area (Å²) in [5.74, 6) is 2.04. The highest BCUT2D eigenvalue weighted by Crippen LogP contribution is 2.41. The molecule has 0 unspecified atom stereocenters. The van der Waals surface area contributed by atoms with Crippen LogP contribution in [0.4, 0.5) is 10.5 Å². The average Bonchev–Trinajstić information content (AvgIpc) is 3.60. The molecule has 0 bridgehead atoms. The zero-order valence-corrected chi connectivity index (χ0v) is 21.7. The zero-order chi connectivity index (χ0) is 25.5. The van der Waals surface area contributed by atoms with Gasteiger partial charge in [0, 0.05) is 35.4 Å². The number of hydrogen-bond acceptors (Lipinski definition) is 8. The molecule has 9 nitrogen and oxygen atoms in total. The molecular formula is C26H31N3O6S. The molecule has 1 aliphatic heterocycles. The highest BCUT2D eigenvalue weighted by molar-refractivity contribution is 7.98. The number of amides is 2. The summed E-state index contributed by atoms with van der Waals surface area (Å²) in [7, 11) is 4.67. The predicted molar refractivity (Wildman–Crippen MR) is 138 cm³/mol. The fraction of sp³-hybridized carbons (Fsp3) is 0.385. The normalized spacial score (nSPS) is 14.9.